The SMILES string of the molecule is CN(C)C(=O)c1cccc(NC(=O)CNC(=O)COc2ccccc2)c1. The van der Waals surface area contributed by atoms with Crippen molar-refractivity contribution in [2.45, 2.75) is 0 Å². The molecular formula is C19H21N3O4. The first-order valence-corrected chi connectivity index (χ1v) is 8.02. The van der Waals surface area contributed by atoms with Gasteiger partial charge in [0, 0.05) is 25.3 Å². The average Bonchev–Trinajstić information content (AvgIpc) is 2.65. The Kier molecular flexibility index (Phi) is 6.73. The molecule has 0 saturated heterocycles. The molecule has 26 heavy (non-hydrogen) atoms. The van der Waals surface area contributed by atoms with E-state index >= 15 is 0 Å². The van der Waals surface area contributed by atoms with E-state index < -0.39 is 11.8 Å². The third-order valence-electron chi connectivity index (χ3n) is 3.36. The van der Waals surface area contributed by atoms with E-state index in [-0.39, 0.29) is 19.1 Å². The normalized spacial score (nSPS) is 9.92. The van der Waals surface area contributed by atoms with Gasteiger partial charge in [-0.15, -0.1) is 0 Å². The fourth-order valence-electron chi connectivity index (χ4n) is 2.09. The summed E-state index contributed by atoms with van der Waals surface area (Å²) in [5.74, 6) is -0.380. The van der Waals surface area contributed by atoms with Gasteiger partial charge in [-0.25, -0.2) is 0 Å². The lowest BCUT2D eigenvalue weighted by atomic mass is 10.2. The number of hydrogen-bond donors (Lipinski definition) is 2. The molecule has 0 aliphatic rings. The van der Waals surface area contributed by atoms with E-state index in [1.807, 2.05) is 6.07 Å². The van der Waals surface area contributed by atoms with Crippen LogP contribution >= 0.6 is 0 Å². The third-order valence-corrected chi connectivity index (χ3v) is 3.36. The van der Waals surface area contributed by atoms with Crippen molar-refractivity contribution < 1.29 is 19.1 Å². The van der Waals surface area contributed by atoms with Crippen LogP contribution in [0, 0.1) is 0 Å². The van der Waals surface area contributed by atoms with Crippen LogP contribution in [-0.2, 0) is 9.59 Å². The van der Waals surface area contributed by atoms with Crippen LogP contribution in [-0.4, -0.2) is 49.9 Å². The quantitative estimate of drug-likeness (QED) is 0.788. The Balaban J connectivity index is 1.79. The van der Waals surface area contributed by atoms with Crippen molar-refractivity contribution in [3.8, 4) is 5.75 Å². The van der Waals surface area contributed by atoms with Crippen LogP contribution in [0.25, 0.3) is 0 Å². The molecule has 2 aromatic carbocycles. The molecular weight excluding hydrogens is 334 g/mol. The molecule has 2 rings (SSSR count). The van der Waals surface area contributed by atoms with Crippen LogP contribution in [0.3, 0.4) is 0 Å². The molecule has 0 heterocycles. The highest BCUT2D eigenvalue weighted by Gasteiger charge is 2.10. The van der Waals surface area contributed by atoms with Crippen LogP contribution in [0.4, 0.5) is 5.69 Å². The average molecular weight is 355 g/mol. The van der Waals surface area contributed by atoms with Gasteiger partial charge in [0.15, 0.2) is 6.61 Å². The second-order valence-corrected chi connectivity index (χ2v) is 5.71. The van der Waals surface area contributed by atoms with Crippen molar-refractivity contribution in [3.63, 3.8) is 0 Å². The Morgan fingerprint density at radius 1 is 0.962 bits per heavy atom. The predicted molar refractivity (Wildman–Crippen MR) is 98.0 cm³/mol. The third kappa shape index (κ3) is 5.94. The number of benzene rings is 2. The van der Waals surface area contributed by atoms with Crippen LogP contribution < -0.4 is 15.4 Å². The van der Waals surface area contributed by atoms with E-state index in [1.54, 1.807) is 62.6 Å². The van der Waals surface area contributed by atoms with Crippen LogP contribution in [0.5, 0.6) is 5.75 Å². The summed E-state index contributed by atoms with van der Waals surface area (Å²) in [6.07, 6.45) is 0. The van der Waals surface area contributed by atoms with Gasteiger partial charge >= 0.3 is 0 Å². The first-order chi connectivity index (χ1) is 12.5. The molecule has 2 N–H and O–H groups in total. The number of anilines is 1. The first kappa shape index (κ1) is 19.0. The van der Waals surface area contributed by atoms with Gasteiger partial charge in [0.25, 0.3) is 11.8 Å². The lowest BCUT2D eigenvalue weighted by molar-refractivity contribution is -0.125. The Hall–Kier alpha value is -3.35. The maximum absolute atomic E-state index is 11.9. The highest BCUT2D eigenvalue weighted by molar-refractivity contribution is 5.98. The highest BCUT2D eigenvalue weighted by atomic mass is 16.5. The minimum absolute atomic E-state index is 0.160. The standard InChI is InChI=1S/C19H21N3O4/c1-22(2)19(25)14-7-6-8-15(11-14)21-17(23)12-20-18(24)13-26-16-9-4-3-5-10-16/h3-11H,12-13H2,1-2H3,(H,20,24)(H,21,23). The van der Waals surface area contributed by atoms with Crippen molar-refractivity contribution >= 4 is 23.4 Å². The molecule has 0 unspecified atom stereocenters. The molecule has 0 fully saturated rings. The predicted octanol–water partition coefficient (Wildman–Crippen LogP) is 1.52. The van der Waals surface area contributed by atoms with Crippen molar-refractivity contribution in [3.05, 3.63) is 60.2 Å². The zero-order chi connectivity index (χ0) is 18.9. The van der Waals surface area contributed by atoms with E-state index in [0.717, 1.165) is 0 Å². The monoisotopic (exact) mass is 355 g/mol. The molecule has 3 amide bonds. The van der Waals surface area contributed by atoms with Crippen molar-refractivity contribution in [2.75, 3.05) is 32.6 Å². The summed E-state index contributed by atoms with van der Waals surface area (Å²) in [5.41, 5.74) is 0.950. The van der Waals surface area contributed by atoms with E-state index in [0.29, 0.717) is 17.0 Å². The molecule has 0 aliphatic heterocycles. The maximum Gasteiger partial charge on any atom is 0.258 e. The van der Waals surface area contributed by atoms with E-state index in [4.69, 9.17) is 4.74 Å². The summed E-state index contributed by atoms with van der Waals surface area (Å²) in [6.45, 7) is -0.368. The molecule has 136 valence electrons. The Labute approximate surface area is 152 Å². The number of nitrogens with zero attached hydrogens (tertiary/aromatic N) is 1. The number of nitrogens with one attached hydrogen (secondary N) is 2. The Morgan fingerprint density at radius 3 is 2.38 bits per heavy atom. The number of carbonyl (C=O) groups is 3. The summed E-state index contributed by atoms with van der Waals surface area (Å²) >= 11 is 0. The van der Waals surface area contributed by atoms with Crippen molar-refractivity contribution in [1.29, 1.82) is 0 Å². The molecule has 0 aromatic heterocycles. The van der Waals surface area contributed by atoms with Gasteiger partial charge in [-0.1, -0.05) is 24.3 Å². The summed E-state index contributed by atoms with van der Waals surface area (Å²) in [7, 11) is 3.31. The summed E-state index contributed by atoms with van der Waals surface area (Å²) in [6, 6.07) is 15.5. The summed E-state index contributed by atoms with van der Waals surface area (Å²) in [5, 5.41) is 5.12. The topological polar surface area (TPSA) is 87.7 Å². The van der Waals surface area contributed by atoms with Crippen molar-refractivity contribution in [2.24, 2.45) is 0 Å². The Bertz CT molecular complexity index is 775. The molecule has 0 atom stereocenters. The van der Waals surface area contributed by atoms with Gasteiger partial charge in [0.2, 0.25) is 5.91 Å². The largest absolute Gasteiger partial charge is 0.484 e. The van der Waals surface area contributed by atoms with Gasteiger partial charge in [0.1, 0.15) is 5.75 Å². The maximum atomic E-state index is 11.9. The molecule has 7 heteroatoms. The summed E-state index contributed by atoms with van der Waals surface area (Å²) in [4.78, 5) is 37.1. The zero-order valence-electron chi connectivity index (χ0n) is 14.7. The minimum Gasteiger partial charge on any atom is -0.484 e. The number of ether oxygens (including phenoxy) is 1. The number of carbonyl (C=O) groups excluding carboxylic acids is 3. The van der Waals surface area contributed by atoms with E-state index in [9.17, 15) is 14.4 Å². The molecule has 0 spiro atoms. The van der Waals surface area contributed by atoms with Crippen molar-refractivity contribution in [1.82, 2.24) is 10.2 Å². The molecule has 0 saturated carbocycles. The first-order valence-electron chi connectivity index (χ1n) is 8.02. The lowest BCUT2D eigenvalue weighted by Crippen LogP contribution is -2.35. The van der Waals surface area contributed by atoms with Gasteiger partial charge < -0.3 is 20.3 Å². The molecule has 0 radical (unpaired) electrons. The molecule has 7 nitrogen and oxygen atoms in total. The van der Waals surface area contributed by atoms with Gasteiger partial charge in [-0.3, -0.25) is 14.4 Å². The van der Waals surface area contributed by atoms with Crippen LogP contribution in [0.15, 0.2) is 54.6 Å². The van der Waals surface area contributed by atoms with Crippen LogP contribution in [0.2, 0.25) is 0 Å². The Morgan fingerprint density at radius 2 is 1.69 bits per heavy atom. The van der Waals surface area contributed by atoms with Gasteiger partial charge in [-0.05, 0) is 30.3 Å². The highest BCUT2D eigenvalue weighted by Crippen LogP contribution is 2.12. The molecule has 2 aromatic rings. The van der Waals surface area contributed by atoms with Gasteiger partial charge in [-0.2, -0.15) is 0 Å². The molecule has 0 aliphatic carbocycles. The van der Waals surface area contributed by atoms with E-state index in [1.165, 1.54) is 4.90 Å². The summed E-state index contributed by atoms with van der Waals surface area (Å²) < 4.78 is 5.30. The lowest BCUT2D eigenvalue weighted by Gasteiger charge is -2.12. The number of rotatable bonds is 7. The fourth-order valence-corrected chi connectivity index (χ4v) is 2.09. The second kappa shape index (κ2) is 9.22. The number of amides is 3. The van der Waals surface area contributed by atoms with Crippen LogP contribution in [0.1, 0.15) is 10.4 Å². The fraction of sp³-hybridized carbons (Fsp3) is 0.211. The minimum atomic E-state index is -0.402. The number of hydrogen-bond acceptors (Lipinski definition) is 4. The number of para-hydroxylation sites is 1. The van der Waals surface area contributed by atoms with Gasteiger partial charge in [0.05, 0.1) is 6.54 Å². The smallest absolute Gasteiger partial charge is 0.258 e. The van der Waals surface area contributed by atoms with E-state index in [2.05, 4.69) is 10.6 Å². The zero-order valence-corrected chi connectivity index (χ0v) is 14.7. The molecule has 0 bridgehead atoms. The second-order valence-electron chi connectivity index (χ2n) is 5.71.